The van der Waals surface area contributed by atoms with Crippen molar-refractivity contribution in [2.75, 3.05) is 13.1 Å². The zero-order chi connectivity index (χ0) is 16.3. The fraction of sp³-hybridized carbons (Fsp3) is 0.562. The Morgan fingerprint density at radius 3 is 2.50 bits per heavy atom. The highest BCUT2D eigenvalue weighted by atomic mass is 79.9. The Hall–Kier alpha value is -1.30. The lowest BCUT2D eigenvalue weighted by Gasteiger charge is -2.33. The number of carbonyl (C=O) groups excluding carboxylic acids is 1. The first-order chi connectivity index (χ1) is 10.2. The highest BCUT2D eigenvalue weighted by Gasteiger charge is 2.27. The minimum absolute atomic E-state index is 0.0241. The molecule has 1 fully saturated rings. The fourth-order valence-corrected chi connectivity index (χ4v) is 2.58. The normalized spacial score (nSPS) is 16.5. The van der Waals surface area contributed by atoms with E-state index in [9.17, 15) is 9.18 Å². The van der Waals surface area contributed by atoms with Gasteiger partial charge >= 0.3 is 6.09 Å². The summed E-state index contributed by atoms with van der Waals surface area (Å²) in [6.45, 7) is 6.76. The second-order valence-corrected chi connectivity index (χ2v) is 7.21. The number of rotatable bonds is 2. The maximum atomic E-state index is 13.2. The van der Waals surface area contributed by atoms with Crippen LogP contribution in [-0.4, -0.2) is 35.8 Å². The maximum absolute atomic E-state index is 13.2. The van der Waals surface area contributed by atoms with Crippen molar-refractivity contribution in [3.8, 4) is 5.75 Å². The molecule has 122 valence electrons. The third-order valence-electron chi connectivity index (χ3n) is 3.29. The molecule has 22 heavy (non-hydrogen) atoms. The lowest BCUT2D eigenvalue weighted by molar-refractivity contribution is 0.0126. The molecular formula is C16H21BrFNO3. The Morgan fingerprint density at radius 1 is 1.32 bits per heavy atom. The van der Waals surface area contributed by atoms with Gasteiger partial charge in [0, 0.05) is 25.9 Å². The average Bonchev–Trinajstić information content (AvgIpc) is 2.42. The SMILES string of the molecule is CC(C)(C)OC(=O)N1CCC(Oc2ccc(F)c(Br)c2)CC1. The van der Waals surface area contributed by atoms with Crippen LogP contribution in [0.25, 0.3) is 0 Å². The molecule has 1 aliphatic rings. The van der Waals surface area contributed by atoms with Crippen LogP contribution < -0.4 is 4.74 Å². The molecule has 4 nitrogen and oxygen atoms in total. The van der Waals surface area contributed by atoms with Gasteiger partial charge in [-0.3, -0.25) is 0 Å². The van der Waals surface area contributed by atoms with Crippen molar-refractivity contribution < 1.29 is 18.7 Å². The Labute approximate surface area is 138 Å². The van der Waals surface area contributed by atoms with E-state index in [1.54, 1.807) is 17.0 Å². The number of hydrogen-bond donors (Lipinski definition) is 0. The zero-order valence-corrected chi connectivity index (χ0v) is 14.7. The summed E-state index contributed by atoms with van der Waals surface area (Å²) in [7, 11) is 0. The van der Waals surface area contributed by atoms with Gasteiger partial charge in [-0.25, -0.2) is 9.18 Å². The van der Waals surface area contributed by atoms with Gasteiger partial charge in [-0.05, 0) is 54.9 Å². The summed E-state index contributed by atoms with van der Waals surface area (Å²) >= 11 is 3.14. The number of hydrogen-bond acceptors (Lipinski definition) is 3. The Morgan fingerprint density at radius 2 is 1.95 bits per heavy atom. The van der Waals surface area contributed by atoms with Crippen molar-refractivity contribution in [2.45, 2.75) is 45.3 Å². The Bertz CT molecular complexity index is 537. The maximum Gasteiger partial charge on any atom is 0.410 e. The summed E-state index contributed by atoms with van der Waals surface area (Å²) in [6.07, 6.45) is 1.20. The number of benzene rings is 1. The van der Waals surface area contributed by atoms with Crippen LogP contribution in [-0.2, 0) is 4.74 Å². The smallest absolute Gasteiger partial charge is 0.410 e. The molecule has 0 unspecified atom stereocenters. The molecular weight excluding hydrogens is 353 g/mol. The molecule has 0 N–H and O–H groups in total. The summed E-state index contributed by atoms with van der Waals surface area (Å²) in [5.74, 6) is 0.316. The van der Waals surface area contributed by atoms with E-state index in [0.29, 0.717) is 23.3 Å². The van der Waals surface area contributed by atoms with Crippen molar-refractivity contribution in [1.29, 1.82) is 0 Å². The molecule has 1 heterocycles. The first kappa shape index (κ1) is 17.1. The Balaban J connectivity index is 1.84. The molecule has 1 aliphatic heterocycles. The zero-order valence-electron chi connectivity index (χ0n) is 13.1. The molecule has 1 saturated heterocycles. The molecule has 1 aromatic rings. The van der Waals surface area contributed by atoms with E-state index in [1.807, 2.05) is 20.8 Å². The molecule has 1 aromatic carbocycles. The van der Waals surface area contributed by atoms with E-state index in [1.165, 1.54) is 6.07 Å². The third kappa shape index (κ3) is 4.87. The Kier molecular flexibility index (Phi) is 5.32. The summed E-state index contributed by atoms with van der Waals surface area (Å²) in [5, 5.41) is 0. The molecule has 0 atom stereocenters. The van der Waals surface area contributed by atoms with E-state index in [2.05, 4.69) is 15.9 Å². The largest absolute Gasteiger partial charge is 0.490 e. The highest BCUT2D eigenvalue weighted by Crippen LogP contribution is 2.25. The second-order valence-electron chi connectivity index (χ2n) is 6.36. The van der Waals surface area contributed by atoms with Gasteiger partial charge in [0.05, 0.1) is 4.47 Å². The van der Waals surface area contributed by atoms with Gasteiger partial charge in [0.15, 0.2) is 0 Å². The van der Waals surface area contributed by atoms with Gasteiger partial charge in [0.25, 0.3) is 0 Å². The van der Waals surface area contributed by atoms with Crippen LogP contribution in [0, 0.1) is 5.82 Å². The van der Waals surface area contributed by atoms with Crippen LogP contribution in [0.15, 0.2) is 22.7 Å². The lowest BCUT2D eigenvalue weighted by Crippen LogP contribution is -2.44. The van der Waals surface area contributed by atoms with Crippen LogP contribution in [0.2, 0.25) is 0 Å². The standard InChI is InChI=1S/C16H21BrFNO3/c1-16(2,3)22-15(20)19-8-6-11(7-9-19)21-12-4-5-14(18)13(17)10-12/h4-5,10-11H,6-9H2,1-3H3. The number of piperidine rings is 1. The summed E-state index contributed by atoms with van der Waals surface area (Å²) in [4.78, 5) is 13.7. The van der Waals surface area contributed by atoms with Gasteiger partial charge in [0.2, 0.25) is 0 Å². The first-order valence-corrected chi connectivity index (χ1v) is 8.13. The summed E-state index contributed by atoms with van der Waals surface area (Å²) < 4.78 is 24.8. The van der Waals surface area contributed by atoms with Crippen LogP contribution >= 0.6 is 15.9 Å². The van der Waals surface area contributed by atoms with Crippen molar-refractivity contribution in [2.24, 2.45) is 0 Å². The molecule has 0 aliphatic carbocycles. The quantitative estimate of drug-likeness (QED) is 0.772. The van der Waals surface area contributed by atoms with Gasteiger partial charge in [-0.15, -0.1) is 0 Å². The topological polar surface area (TPSA) is 38.8 Å². The number of likely N-dealkylation sites (tertiary alicyclic amines) is 1. The fourth-order valence-electron chi connectivity index (χ4n) is 2.23. The van der Waals surface area contributed by atoms with E-state index < -0.39 is 5.60 Å². The highest BCUT2D eigenvalue weighted by molar-refractivity contribution is 9.10. The molecule has 2 rings (SSSR count). The van der Waals surface area contributed by atoms with Crippen LogP contribution in [0.4, 0.5) is 9.18 Å². The molecule has 0 radical (unpaired) electrons. The van der Waals surface area contributed by atoms with Gasteiger partial charge in [0.1, 0.15) is 23.3 Å². The molecule has 0 bridgehead atoms. The monoisotopic (exact) mass is 373 g/mol. The molecule has 0 spiro atoms. The molecule has 0 aromatic heterocycles. The molecule has 6 heteroatoms. The van der Waals surface area contributed by atoms with Crippen LogP contribution in [0.3, 0.4) is 0 Å². The average molecular weight is 374 g/mol. The predicted octanol–water partition coefficient (Wildman–Crippen LogP) is 4.37. The van der Waals surface area contributed by atoms with E-state index >= 15 is 0 Å². The number of carbonyl (C=O) groups is 1. The number of ether oxygens (including phenoxy) is 2. The van der Waals surface area contributed by atoms with Crippen molar-refractivity contribution in [3.05, 3.63) is 28.5 Å². The van der Waals surface area contributed by atoms with Crippen molar-refractivity contribution in [3.63, 3.8) is 0 Å². The third-order valence-corrected chi connectivity index (χ3v) is 3.90. The van der Waals surface area contributed by atoms with Crippen LogP contribution in [0.1, 0.15) is 33.6 Å². The van der Waals surface area contributed by atoms with Gasteiger partial charge in [-0.1, -0.05) is 0 Å². The van der Waals surface area contributed by atoms with Crippen molar-refractivity contribution in [1.82, 2.24) is 4.90 Å². The number of amides is 1. The number of halogens is 2. The minimum atomic E-state index is -0.481. The molecule has 1 amide bonds. The molecule has 0 saturated carbocycles. The van der Waals surface area contributed by atoms with Crippen molar-refractivity contribution >= 4 is 22.0 Å². The van der Waals surface area contributed by atoms with Gasteiger partial charge in [-0.2, -0.15) is 0 Å². The summed E-state index contributed by atoms with van der Waals surface area (Å²) in [5.41, 5.74) is -0.481. The minimum Gasteiger partial charge on any atom is -0.490 e. The number of nitrogens with zero attached hydrogens (tertiary/aromatic N) is 1. The summed E-state index contributed by atoms with van der Waals surface area (Å²) in [6, 6.07) is 4.60. The first-order valence-electron chi connectivity index (χ1n) is 7.34. The van der Waals surface area contributed by atoms with Gasteiger partial charge < -0.3 is 14.4 Å². The lowest BCUT2D eigenvalue weighted by atomic mass is 10.1. The van der Waals surface area contributed by atoms with E-state index in [-0.39, 0.29) is 18.0 Å². The van der Waals surface area contributed by atoms with E-state index in [0.717, 1.165) is 12.8 Å². The second kappa shape index (κ2) is 6.86. The van der Waals surface area contributed by atoms with E-state index in [4.69, 9.17) is 9.47 Å². The predicted molar refractivity (Wildman–Crippen MR) is 85.6 cm³/mol. The van der Waals surface area contributed by atoms with Crippen LogP contribution in [0.5, 0.6) is 5.75 Å².